The van der Waals surface area contributed by atoms with E-state index in [2.05, 4.69) is 5.32 Å². The van der Waals surface area contributed by atoms with Gasteiger partial charge in [0.05, 0.1) is 29.4 Å². The van der Waals surface area contributed by atoms with E-state index < -0.39 is 10.0 Å². The first-order chi connectivity index (χ1) is 14.5. The molecule has 8 heteroatoms. The lowest BCUT2D eigenvalue weighted by molar-refractivity contribution is 0.0904. The SMILES string of the molecule is COc1ccc(S(=O)(=O)N2CCc3ccccc32)cc1C(=O)NCCC1CCCO1. The lowest BCUT2D eigenvalue weighted by atomic mass is 10.1. The molecule has 0 radical (unpaired) electrons. The minimum Gasteiger partial charge on any atom is -0.496 e. The molecule has 0 saturated carbocycles. The molecule has 1 saturated heterocycles. The van der Waals surface area contributed by atoms with Crippen LogP contribution in [0.2, 0.25) is 0 Å². The Labute approximate surface area is 177 Å². The Balaban J connectivity index is 1.55. The number of carbonyl (C=O) groups excluding carboxylic acids is 1. The quantitative estimate of drug-likeness (QED) is 0.730. The van der Waals surface area contributed by atoms with Gasteiger partial charge in [-0.25, -0.2) is 8.42 Å². The van der Waals surface area contributed by atoms with Crippen LogP contribution in [0.25, 0.3) is 0 Å². The fourth-order valence-electron chi connectivity index (χ4n) is 4.02. The number of hydrogen-bond acceptors (Lipinski definition) is 5. The van der Waals surface area contributed by atoms with E-state index in [1.165, 1.54) is 29.6 Å². The molecular weight excluding hydrogens is 404 g/mol. The van der Waals surface area contributed by atoms with E-state index in [4.69, 9.17) is 9.47 Å². The molecule has 0 aromatic heterocycles. The highest BCUT2D eigenvalue weighted by Crippen LogP contribution is 2.33. The maximum Gasteiger partial charge on any atom is 0.264 e. The number of rotatable bonds is 7. The molecule has 2 heterocycles. The standard InChI is InChI=1S/C22H26N2O5S/c1-28-21-9-8-18(15-19(21)22(25)23-12-10-17-6-4-14-29-17)30(26,27)24-13-11-16-5-2-3-7-20(16)24/h2-3,5,7-9,15,17H,4,6,10-14H2,1H3,(H,23,25). The molecular formula is C22H26N2O5S. The second-order valence-electron chi connectivity index (χ2n) is 7.50. The first kappa shape index (κ1) is 20.7. The predicted octanol–water partition coefficient (Wildman–Crippen LogP) is 2.75. The van der Waals surface area contributed by atoms with Gasteiger partial charge in [0.1, 0.15) is 5.75 Å². The smallest absolute Gasteiger partial charge is 0.264 e. The average Bonchev–Trinajstić information content (AvgIpc) is 3.43. The average molecular weight is 431 g/mol. The maximum atomic E-state index is 13.3. The Hall–Kier alpha value is -2.58. The van der Waals surface area contributed by atoms with Gasteiger partial charge in [0.15, 0.2) is 0 Å². The Morgan fingerprint density at radius 2 is 2.10 bits per heavy atom. The van der Waals surface area contributed by atoms with E-state index in [1.54, 1.807) is 0 Å². The second-order valence-corrected chi connectivity index (χ2v) is 9.36. The van der Waals surface area contributed by atoms with Gasteiger partial charge in [-0.15, -0.1) is 0 Å². The third-order valence-electron chi connectivity index (χ3n) is 5.62. The van der Waals surface area contributed by atoms with Gasteiger partial charge in [0.25, 0.3) is 15.9 Å². The minimum absolute atomic E-state index is 0.0734. The molecule has 2 aliphatic heterocycles. The number of nitrogens with zero attached hydrogens (tertiary/aromatic N) is 1. The molecule has 1 amide bonds. The van der Waals surface area contributed by atoms with Crippen molar-refractivity contribution in [3.05, 3.63) is 53.6 Å². The van der Waals surface area contributed by atoms with Gasteiger partial charge in [-0.2, -0.15) is 0 Å². The van der Waals surface area contributed by atoms with Crippen LogP contribution in [0, 0.1) is 0 Å². The van der Waals surface area contributed by atoms with Gasteiger partial charge in [-0.1, -0.05) is 18.2 Å². The number of methoxy groups -OCH3 is 1. The topological polar surface area (TPSA) is 84.9 Å². The summed E-state index contributed by atoms with van der Waals surface area (Å²) in [4.78, 5) is 12.8. The lowest BCUT2D eigenvalue weighted by Gasteiger charge is -2.20. The molecule has 1 N–H and O–H groups in total. The molecule has 2 aliphatic rings. The zero-order valence-electron chi connectivity index (χ0n) is 17.0. The Morgan fingerprint density at radius 1 is 1.27 bits per heavy atom. The number of fused-ring (bicyclic) bond motifs is 1. The first-order valence-corrected chi connectivity index (χ1v) is 11.6. The van der Waals surface area contributed by atoms with Crippen molar-refractivity contribution in [3.8, 4) is 5.75 Å². The third-order valence-corrected chi connectivity index (χ3v) is 7.43. The summed E-state index contributed by atoms with van der Waals surface area (Å²) in [7, 11) is -2.33. The van der Waals surface area contributed by atoms with Crippen LogP contribution in [-0.2, 0) is 21.2 Å². The van der Waals surface area contributed by atoms with Crippen molar-refractivity contribution in [2.75, 3.05) is 31.1 Å². The number of para-hydroxylation sites is 1. The number of nitrogens with one attached hydrogen (secondary N) is 1. The molecule has 0 spiro atoms. The summed E-state index contributed by atoms with van der Waals surface area (Å²) in [6.45, 7) is 1.62. The van der Waals surface area contributed by atoms with Gasteiger partial charge >= 0.3 is 0 Å². The van der Waals surface area contributed by atoms with Crippen molar-refractivity contribution in [1.82, 2.24) is 5.32 Å². The molecule has 4 rings (SSSR count). The van der Waals surface area contributed by atoms with Crippen molar-refractivity contribution in [2.24, 2.45) is 0 Å². The second kappa shape index (κ2) is 8.65. The van der Waals surface area contributed by atoms with Crippen molar-refractivity contribution < 1.29 is 22.7 Å². The summed E-state index contributed by atoms with van der Waals surface area (Å²) in [5.41, 5.74) is 1.90. The lowest BCUT2D eigenvalue weighted by Crippen LogP contribution is -2.30. The monoisotopic (exact) mass is 430 g/mol. The fraction of sp³-hybridized carbons (Fsp3) is 0.409. The van der Waals surface area contributed by atoms with Crippen LogP contribution in [0.3, 0.4) is 0 Å². The van der Waals surface area contributed by atoms with Crippen molar-refractivity contribution >= 4 is 21.6 Å². The number of amides is 1. The zero-order chi connectivity index (χ0) is 21.1. The zero-order valence-corrected chi connectivity index (χ0v) is 17.8. The molecule has 0 aliphatic carbocycles. The number of benzene rings is 2. The fourth-order valence-corrected chi connectivity index (χ4v) is 5.55. The molecule has 0 bridgehead atoms. The molecule has 1 atom stereocenters. The summed E-state index contributed by atoms with van der Waals surface area (Å²) < 4.78 is 38.9. The molecule has 30 heavy (non-hydrogen) atoms. The summed E-state index contributed by atoms with van der Waals surface area (Å²) >= 11 is 0. The van der Waals surface area contributed by atoms with Gasteiger partial charge < -0.3 is 14.8 Å². The minimum atomic E-state index is -3.79. The summed E-state index contributed by atoms with van der Waals surface area (Å²) in [5, 5.41) is 2.86. The van der Waals surface area contributed by atoms with Crippen LogP contribution in [0.4, 0.5) is 5.69 Å². The van der Waals surface area contributed by atoms with Gasteiger partial charge in [-0.3, -0.25) is 9.10 Å². The van der Waals surface area contributed by atoms with Crippen LogP contribution in [0.15, 0.2) is 47.4 Å². The number of carbonyl (C=O) groups is 1. The van der Waals surface area contributed by atoms with E-state index in [1.807, 2.05) is 24.3 Å². The highest BCUT2D eigenvalue weighted by Gasteiger charge is 2.31. The Kier molecular flexibility index (Phi) is 5.97. The van der Waals surface area contributed by atoms with Crippen molar-refractivity contribution in [1.29, 1.82) is 0 Å². The molecule has 7 nitrogen and oxygen atoms in total. The van der Waals surface area contributed by atoms with Crippen LogP contribution in [0.5, 0.6) is 5.75 Å². The van der Waals surface area contributed by atoms with E-state index in [0.29, 0.717) is 30.9 Å². The van der Waals surface area contributed by atoms with Crippen LogP contribution < -0.4 is 14.4 Å². The van der Waals surface area contributed by atoms with Crippen LogP contribution >= 0.6 is 0 Å². The highest BCUT2D eigenvalue weighted by atomic mass is 32.2. The summed E-state index contributed by atoms with van der Waals surface area (Å²) in [6, 6.07) is 11.9. The normalized spacial score (nSPS) is 18.3. The Bertz CT molecular complexity index is 1030. The number of ether oxygens (including phenoxy) is 2. The molecule has 1 fully saturated rings. The van der Waals surface area contributed by atoms with Gasteiger partial charge in [0, 0.05) is 19.7 Å². The maximum absolute atomic E-state index is 13.3. The summed E-state index contributed by atoms with van der Waals surface area (Å²) in [5.74, 6) is -0.0193. The molecule has 160 valence electrons. The third kappa shape index (κ3) is 4.02. The van der Waals surface area contributed by atoms with E-state index in [0.717, 1.165) is 31.4 Å². The van der Waals surface area contributed by atoms with Crippen molar-refractivity contribution in [2.45, 2.75) is 36.7 Å². The van der Waals surface area contributed by atoms with E-state index in [9.17, 15) is 13.2 Å². The van der Waals surface area contributed by atoms with Crippen molar-refractivity contribution in [3.63, 3.8) is 0 Å². The number of sulfonamides is 1. The highest BCUT2D eigenvalue weighted by molar-refractivity contribution is 7.92. The Morgan fingerprint density at radius 3 is 2.87 bits per heavy atom. The largest absolute Gasteiger partial charge is 0.496 e. The number of hydrogen-bond donors (Lipinski definition) is 1. The van der Waals surface area contributed by atoms with Gasteiger partial charge in [-0.05, 0) is 55.5 Å². The number of anilines is 1. The van der Waals surface area contributed by atoms with E-state index in [-0.39, 0.29) is 22.5 Å². The molecule has 1 unspecified atom stereocenters. The predicted molar refractivity (Wildman–Crippen MR) is 114 cm³/mol. The molecule has 2 aromatic rings. The molecule has 2 aromatic carbocycles. The van der Waals surface area contributed by atoms with Gasteiger partial charge in [0.2, 0.25) is 0 Å². The van der Waals surface area contributed by atoms with Crippen LogP contribution in [0.1, 0.15) is 35.2 Å². The summed E-state index contributed by atoms with van der Waals surface area (Å²) in [6.07, 6.45) is 3.63. The first-order valence-electron chi connectivity index (χ1n) is 10.2. The van der Waals surface area contributed by atoms with Crippen LogP contribution in [-0.4, -0.2) is 47.2 Å². The van der Waals surface area contributed by atoms with E-state index >= 15 is 0 Å².